The summed E-state index contributed by atoms with van der Waals surface area (Å²) in [7, 11) is 0. The molecule has 0 aliphatic heterocycles. The van der Waals surface area contributed by atoms with E-state index in [-0.39, 0.29) is 5.75 Å². The predicted octanol–water partition coefficient (Wildman–Crippen LogP) is 2.95. The first-order valence-electron chi connectivity index (χ1n) is 5.79. The van der Waals surface area contributed by atoms with Crippen molar-refractivity contribution in [3.63, 3.8) is 0 Å². The highest BCUT2D eigenvalue weighted by Crippen LogP contribution is 2.34. The van der Waals surface area contributed by atoms with Crippen molar-refractivity contribution in [2.75, 3.05) is 6.61 Å². The Bertz CT molecular complexity index is 422. The number of hydrogen-bond donors (Lipinski definition) is 1. The molecule has 1 fully saturated rings. The quantitative estimate of drug-likeness (QED) is 0.879. The second-order valence-corrected chi connectivity index (χ2v) is 5.24. The van der Waals surface area contributed by atoms with E-state index in [4.69, 9.17) is 10.5 Å². The van der Waals surface area contributed by atoms with Gasteiger partial charge in [-0.1, -0.05) is 0 Å². The standard InChI is InChI=1S/C13H17F2NO/c1-13(2,16)10-5-9(14)6-11(15)12(10)17-7-8-3-4-8/h5-6,8H,3-4,7,16H2,1-2H3. The summed E-state index contributed by atoms with van der Waals surface area (Å²) in [6.45, 7) is 3.88. The van der Waals surface area contributed by atoms with Gasteiger partial charge in [-0.25, -0.2) is 8.78 Å². The highest BCUT2D eigenvalue weighted by Gasteiger charge is 2.27. The van der Waals surface area contributed by atoms with Crippen molar-refractivity contribution in [3.05, 3.63) is 29.3 Å². The molecule has 0 heterocycles. The summed E-state index contributed by atoms with van der Waals surface area (Å²) in [5, 5.41) is 0. The van der Waals surface area contributed by atoms with E-state index in [0.717, 1.165) is 18.9 Å². The SMILES string of the molecule is CC(C)(N)c1cc(F)cc(F)c1OCC1CC1. The van der Waals surface area contributed by atoms with Crippen LogP contribution in [-0.4, -0.2) is 6.61 Å². The van der Waals surface area contributed by atoms with Crippen molar-refractivity contribution in [2.45, 2.75) is 32.2 Å². The third kappa shape index (κ3) is 2.94. The van der Waals surface area contributed by atoms with Crippen LogP contribution in [0.4, 0.5) is 8.78 Å². The van der Waals surface area contributed by atoms with Crippen LogP contribution >= 0.6 is 0 Å². The number of hydrogen-bond acceptors (Lipinski definition) is 2. The van der Waals surface area contributed by atoms with Crippen LogP contribution < -0.4 is 10.5 Å². The van der Waals surface area contributed by atoms with Gasteiger partial charge in [0.15, 0.2) is 11.6 Å². The number of ether oxygens (including phenoxy) is 1. The Kier molecular flexibility index (Phi) is 3.08. The lowest BCUT2D eigenvalue weighted by Gasteiger charge is -2.23. The Hall–Kier alpha value is -1.16. The van der Waals surface area contributed by atoms with Gasteiger partial charge in [-0.15, -0.1) is 0 Å². The molecule has 94 valence electrons. The van der Waals surface area contributed by atoms with E-state index in [9.17, 15) is 8.78 Å². The maximum atomic E-state index is 13.7. The number of halogens is 2. The fourth-order valence-electron chi connectivity index (χ4n) is 1.67. The molecule has 4 heteroatoms. The minimum atomic E-state index is -0.832. The summed E-state index contributed by atoms with van der Waals surface area (Å²) >= 11 is 0. The van der Waals surface area contributed by atoms with Gasteiger partial charge in [-0.3, -0.25) is 0 Å². The third-order valence-corrected chi connectivity index (χ3v) is 2.86. The summed E-state index contributed by atoms with van der Waals surface area (Å²) in [5.74, 6) is -0.715. The van der Waals surface area contributed by atoms with E-state index in [1.165, 1.54) is 6.07 Å². The lowest BCUT2D eigenvalue weighted by atomic mass is 9.94. The molecule has 0 unspecified atom stereocenters. The first-order valence-corrected chi connectivity index (χ1v) is 5.79. The van der Waals surface area contributed by atoms with Crippen LogP contribution in [0.5, 0.6) is 5.75 Å². The molecule has 2 nitrogen and oxygen atoms in total. The van der Waals surface area contributed by atoms with Crippen molar-refractivity contribution in [3.8, 4) is 5.75 Å². The molecule has 2 rings (SSSR count). The van der Waals surface area contributed by atoms with Gasteiger partial charge >= 0.3 is 0 Å². The molecule has 0 atom stereocenters. The molecular formula is C13H17F2NO. The van der Waals surface area contributed by atoms with Gasteiger partial charge in [0.05, 0.1) is 6.61 Å². The first kappa shape index (κ1) is 12.3. The summed E-state index contributed by atoms with van der Waals surface area (Å²) in [4.78, 5) is 0. The molecule has 2 N–H and O–H groups in total. The van der Waals surface area contributed by atoms with E-state index >= 15 is 0 Å². The molecule has 0 radical (unpaired) electrons. The van der Waals surface area contributed by atoms with Gasteiger partial charge in [0.1, 0.15) is 5.82 Å². The topological polar surface area (TPSA) is 35.2 Å². The lowest BCUT2D eigenvalue weighted by molar-refractivity contribution is 0.275. The van der Waals surface area contributed by atoms with Crippen LogP contribution in [-0.2, 0) is 5.54 Å². The molecule has 0 aromatic heterocycles. The molecule has 0 bridgehead atoms. The fourth-order valence-corrected chi connectivity index (χ4v) is 1.67. The minimum Gasteiger partial charge on any atom is -0.490 e. The highest BCUT2D eigenvalue weighted by molar-refractivity contribution is 5.40. The monoisotopic (exact) mass is 241 g/mol. The van der Waals surface area contributed by atoms with E-state index in [2.05, 4.69) is 0 Å². The van der Waals surface area contributed by atoms with E-state index < -0.39 is 17.2 Å². The molecule has 1 aliphatic carbocycles. The normalized spacial score (nSPS) is 16.1. The van der Waals surface area contributed by atoms with Crippen molar-refractivity contribution in [1.82, 2.24) is 0 Å². The van der Waals surface area contributed by atoms with Gasteiger partial charge in [-0.05, 0) is 38.7 Å². The Labute approximate surface area is 99.8 Å². The summed E-state index contributed by atoms with van der Waals surface area (Å²) < 4.78 is 32.3. The zero-order chi connectivity index (χ0) is 12.6. The number of rotatable bonds is 4. The summed E-state index contributed by atoms with van der Waals surface area (Å²) in [6.07, 6.45) is 2.23. The third-order valence-electron chi connectivity index (χ3n) is 2.86. The minimum absolute atomic E-state index is 0.0887. The molecule has 1 aromatic carbocycles. The second kappa shape index (κ2) is 4.26. The summed E-state index contributed by atoms with van der Waals surface area (Å²) in [6, 6.07) is 2.07. The van der Waals surface area contributed by atoms with Crippen molar-refractivity contribution < 1.29 is 13.5 Å². The number of nitrogens with two attached hydrogens (primary N) is 1. The predicted molar refractivity (Wildman–Crippen MR) is 61.8 cm³/mol. The molecule has 1 aliphatic rings. The molecule has 17 heavy (non-hydrogen) atoms. The Balaban J connectivity index is 2.32. The van der Waals surface area contributed by atoms with Crippen LogP contribution in [0.25, 0.3) is 0 Å². The van der Waals surface area contributed by atoms with Crippen molar-refractivity contribution >= 4 is 0 Å². The molecule has 1 saturated carbocycles. The lowest BCUT2D eigenvalue weighted by Crippen LogP contribution is -2.30. The summed E-state index contributed by atoms with van der Waals surface area (Å²) in [5.41, 5.74) is 5.44. The van der Waals surface area contributed by atoms with E-state index in [0.29, 0.717) is 18.1 Å². The molecular weight excluding hydrogens is 224 g/mol. The average Bonchev–Trinajstić information content (AvgIpc) is 2.97. The molecule has 0 spiro atoms. The van der Waals surface area contributed by atoms with Crippen LogP contribution in [0.15, 0.2) is 12.1 Å². The zero-order valence-electron chi connectivity index (χ0n) is 10.1. The van der Waals surface area contributed by atoms with Gasteiger partial charge in [0, 0.05) is 17.2 Å². The van der Waals surface area contributed by atoms with Crippen LogP contribution in [0, 0.1) is 17.6 Å². The van der Waals surface area contributed by atoms with Gasteiger partial charge in [0.2, 0.25) is 0 Å². The van der Waals surface area contributed by atoms with Crippen molar-refractivity contribution in [1.29, 1.82) is 0 Å². The smallest absolute Gasteiger partial charge is 0.168 e. The number of benzene rings is 1. The van der Waals surface area contributed by atoms with Gasteiger partial charge in [0.25, 0.3) is 0 Å². The first-order chi connectivity index (χ1) is 7.88. The molecule has 0 saturated heterocycles. The van der Waals surface area contributed by atoms with E-state index in [1.54, 1.807) is 13.8 Å². The van der Waals surface area contributed by atoms with E-state index in [1.807, 2.05) is 0 Å². The Morgan fingerprint density at radius 3 is 2.53 bits per heavy atom. The Morgan fingerprint density at radius 1 is 1.35 bits per heavy atom. The molecule has 1 aromatic rings. The van der Waals surface area contributed by atoms with Crippen molar-refractivity contribution in [2.24, 2.45) is 11.7 Å². The zero-order valence-corrected chi connectivity index (χ0v) is 10.1. The van der Waals surface area contributed by atoms with Crippen LogP contribution in [0.2, 0.25) is 0 Å². The van der Waals surface area contributed by atoms with Crippen LogP contribution in [0.1, 0.15) is 32.3 Å². The highest BCUT2D eigenvalue weighted by atomic mass is 19.1. The fraction of sp³-hybridized carbons (Fsp3) is 0.538. The second-order valence-electron chi connectivity index (χ2n) is 5.24. The Morgan fingerprint density at radius 2 is 2.00 bits per heavy atom. The maximum absolute atomic E-state index is 13.7. The largest absolute Gasteiger partial charge is 0.490 e. The van der Waals surface area contributed by atoms with Gasteiger partial charge < -0.3 is 10.5 Å². The van der Waals surface area contributed by atoms with Gasteiger partial charge in [-0.2, -0.15) is 0 Å². The van der Waals surface area contributed by atoms with Crippen LogP contribution in [0.3, 0.4) is 0 Å². The maximum Gasteiger partial charge on any atom is 0.168 e. The average molecular weight is 241 g/mol. The molecule has 0 amide bonds.